The predicted octanol–water partition coefficient (Wildman–Crippen LogP) is 0.966. The summed E-state index contributed by atoms with van der Waals surface area (Å²) >= 11 is 0. The molecule has 0 saturated heterocycles. The average molecular weight is 207 g/mol. The van der Waals surface area contributed by atoms with E-state index in [1.54, 1.807) is 0 Å². The number of likely N-dealkylation sites (N-methyl/N-ethyl adjacent to an activating group) is 1. The average Bonchev–Trinajstić information content (AvgIpc) is 2.66. The second-order valence-electron chi connectivity index (χ2n) is 4.04. The number of nitrogens with one attached hydrogen (secondary N) is 1. The van der Waals surface area contributed by atoms with E-state index in [1.165, 1.54) is 5.56 Å². The number of aryl methyl sites for hydroxylation is 1. The van der Waals surface area contributed by atoms with Crippen molar-refractivity contribution in [3.05, 3.63) is 22.8 Å². The topological polar surface area (TPSA) is 47.0 Å². The lowest BCUT2D eigenvalue weighted by Crippen LogP contribution is -2.25. The van der Waals surface area contributed by atoms with E-state index in [0.29, 0.717) is 19.3 Å². The van der Waals surface area contributed by atoms with Crippen LogP contribution in [0.15, 0.2) is 0 Å². The smallest absolute Gasteiger partial charge is 0.130 e. The first-order chi connectivity index (χ1) is 7.20. The Morgan fingerprint density at radius 2 is 2.20 bits per heavy atom. The largest absolute Gasteiger partial charge is 0.370 e. The van der Waals surface area contributed by atoms with Gasteiger partial charge >= 0.3 is 0 Å². The zero-order valence-electron chi connectivity index (χ0n) is 9.50. The van der Waals surface area contributed by atoms with Crippen LogP contribution in [0, 0.1) is 6.92 Å². The molecule has 1 aliphatic heterocycles. The van der Waals surface area contributed by atoms with Gasteiger partial charge in [-0.3, -0.25) is 0 Å². The van der Waals surface area contributed by atoms with Crippen molar-refractivity contribution in [3.63, 3.8) is 0 Å². The predicted molar refractivity (Wildman–Crippen MR) is 57.5 cm³/mol. The van der Waals surface area contributed by atoms with E-state index >= 15 is 0 Å². The summed E-state index contributed by atoms with van der Waals surface area (Å²) in [6, 6.07) is 0.407. The van der Waals surface area contributed by atoms with Crippen molar-refractivity contribution < 1.29 is 4.74 Å². The number of hydrogen-bond acceptors (Lipinski definition) is 4. The van der Waals surface area contributed by atoms with Crippen LogP contribution in [0.5, 0.6) is 0 Å². The highest BCUT2D eigenvalue weighted by Crippen LogP contribution is 2.20. The van der Waals surface area contributed by atoms with E-state index in [4.69, 9.17) is 4.74 Å². The first-order valence-electron chi connectivity index (χ1n) is 5.31. The Hall–Kier alpha value is -1.00. The number of ether oxygens (including phenoxy) is 1. The van der Waals surface area contributed by atoms with Gasteiger partial charge in [0.1, 0.15) is 5.82 Å². The molecule has 1 aromatic heterocycles. The summed E-state index contributed by atoms with van der Waals surface area (Å²) < 4.78 is 5.36. The van der Waals surface area contributed by atoms with Gasteiger partial charge in [-0.15, -0.1) is 0 Å². The lowest BCUT2D eigenvalue weighted by molar-refractivity contribution is 0.133. The molecule has 0 bridgehead atoms. The van der Waals surface area contributed by atoms with Gasteiger partial charge in [-0.2, -0.15) is 0 Å². The summed E-state index contributed by atoms with van der Waals surface area (Å²) in [6.07, 6.45) is 0.866. The minimum absolute atomic E-state index is 0.407. The monoisotopic (exact) mass is 207 g/mol. The second kappa shape index (κ2) is 4.24. The van der Waals surface area contributed by atoms with Crippen LogP contribution in [0.4, 0.5) is 0 Å². The summed E-state index contributed by atoms with van der Waals surface area (Å²) in [5.41, 5.74) is 3.31. The van der Waals surface area contributed by atoms with Gasteiger partial charge in [0.25, 0.3) is 0 Å². The van der Waals surface area contributed by atoms with E-state index in [9.17, 15) is 0 Å². The highest BCUT2D eigenvalue weighted by atomic mass is 16.5. The SMILES string of the molecule is CNC(C)Cc1nc(C)c2c(n1)COC2. The standard InChI is InChI=1S/C11H17N3O/c1-7(12-3)4-11-13-8(2)9-5-15-6-10(9)14-11/h7,12H,4-6H2,1-3H3. The molecule has 0 amide bonds. The maximum atomic E-state index is 5.36. The van der Waals surface area contributed by atoms with Gasteiger partial charge in [0.05, 0.1) is 18.9 Å². The molecule has 0 fully saturated rings. The van der Waals surface area contributed by atoms with Crippen LogP contribution >= 0.6 is 0 Å². The summed E-state index contributed by atoms with van der Waals surface area (Å²) in [4.78, 5) is 9.03. The zero-order chi connectivity index (χ0) is 10.8. The number of fused-ring (bicyclic) bond motifs is 1. The third kappa shape index (κ3) is 2.16. The van der Waals surface area contributed by atoms with Crippen molar-refractivity contribution in [2.45, 2.75) is 39.5 Å². The molecule has 1 unspecified atom stereocenters. The Bertz CT molecular complexity index is 365. The fourth-order valence-electron chi connectivity index (χ4n) is 1.74. The Morgan fingerprint density at radius 3 is 2.93 bits per heavy atom. The minimum Gasteiger partial charge on any atom is -0.370 e. The third-order valence-electron chi connectivity index (χ3n) is 2.81. The summed E-state index contributed by atoms with van der Waals surface area (Å²) in [6.45, 7) is 5.47. The van der Waals surface area contributed by atoms with Gasteiger partial charge in [-0.1, -0.05) is 0 Å². The summed E-state index contributed by atoms with van der Waals surface area (Å²) in [5, 5.41) is 3.19. The Kier molecular flexibility index (Phi) is 2.98. The molecule has 1 atom stereocenters. The van der Waals surface area contributed by atoms with E-state index in [1.807, 2.05) is 14.0 Å². The molecule has 15 heavy (non-hydrogen) atoms. The van der Waals surface area contributed by atoms with Crippen LogP contribution in [0.2, 0.25) is 0 Å². The van der Waals surface area contributed by atoms with Crippen LogP contribution in [0.3, 0.4) is 0 Å². The Balaban J connectivity index is 2.23. The number of rotatable bonds is 3. The first kappa shape index (κ1) is 10.5. The number of aromatic nitrogens is 2. The van der Waals surface area contributed by atoms with Crippen LogP contribution in [0.1, 0.15) is 29.7 Å². The molecule has 1 aliphatic rings. The molecule has 2 rings (SSSR count). The van der Waals surface area contributed by atoms with Crippen LogP contribution in [-0.4, -0.2) is 23.1 Å². The quantitative estimate of drug-likeness (QED) is 0.802. The van der Waals surface area contributed by atoms with E-state index in [0.717, 1.165) is 23.6 Å². The third-order valence-corrected chi connectivity index (χ3v) is 2.81. The molecule has 0 spiro atoms. The summed E-state index contributed by atoms with van der Waals surface area (Å²) in [5.74, 6) is 0.915. The van der Waals surface area contributed by atoms with Gasteiger partial charge in [-0.05, 0) is 20.9 Å². The van der Waals surface area contributed by atoms with Gasteiger partial charge < -0.3 is 10.1 Å². The molecule has 0 aromatic carbocycles. The maximum Gasteiger partial charge on any atom is 0.130 e. The first-order valence-corrected chi connectivity index (χ1v) is 5.31. The van der Waals surface area contributed by atoms with Crippen molar-refractivity contribution in [3.8, 4) is 0 Å². The molecule has 0 saturated carbocycles. The molecule has 0 radical (unpaired) electrons. The zero-order valence-corrected chi connectivity index (χ0v) is 9.50. The fourth-order valence-corrected chi connectivity index (χ4v) is 1.74. The lowest BCUT2D eigenvalue weighted by atomic mass is 10.1. The van der Waals surface area contributed by atoms with Gasteiger partial charge in [0.2, 0.25) is 0 Å². The normalized spacial score (nSPS) is 16.5. The Labute approximate surface area is 90.1 Å². The van der Waals surface area contributed by atoms with Crippen LogP contribution < -0.4 is 5.32 Å². The summed E-state index contributed by atoms with van der Waals surface area (Å²) in [7, 11) is 1.95. The molecule has 2 heterocycles. The van der Waals surface area contributed by atoms with Gasteiger partial charge in [0, 0.05) is 23.7 Å². The van der Waals surface area contributed by atoms with Gasteiger partial charge in [0.15, 0.2) is 0 Å². The molecule has 1 aromatic rings. The van der Waals surface area contributed by atoms with Crippen molar-refractivity contribution in [2.24, 2.45) is 0 Å². The molecule has 1 N–H and O–H groups in total. The van der Waals surface area contributed by atoms with Crippen molar-refractivity contribution >= 4 is 0 Å². The molecular formula is C11H17N3O. The van der Waals surface area contributed by atoms with Crippen molar-refractivity contribution in [2.75, 3.05) is 7.05 Å². The van der Waals surface area contributed by atoms with E-state index in [2.05, 4.69) is 22.2 Å². The van der Waals surface area contributed by atoms with E-state index in [-0.39, 0.29) is 0 Å². The second-order valence-corrected chi connectivity index (χ2v) is 4.04. The lowest BCUT2D eigenvalue weighted by Gasteiger charge is -2.10. The van der Waals surface area contributed by atoms with Crippen molar-refractivity contribution in [1.29, 1.82) is 0 Å². The molecule has 4 nitrogen and oxygen atoms in total. The highest BCUT2D eigenvalue weighted by molar-refractivity contribution is 5.26. The van der Waals surface area contributed by atoms with Crippen LogP contribution in [-0.2, 0) is 24.4 Å². The highest BCUT2D eigenvalue weighted by Gasteiger charge is 2.17. The van der Waals surface area contributed by atoms with Gasteiger partial charge in [-0.25, -0.2) is 9.97 Å². The van der Waals surface area contributed by atoms with Crippen molar-refractivity contribution in [1.82, 2.24) is 15.3 Å². The number of nitrogens with zero attached hydrogens (tertiary/aromatic N) is 2. The fraction of sp³-hybridized carbons (Fsp3) is 0.636. The van der Waals surface area contributed by atoms with Crippen LogP contribution in [0.25, 0.3) is 0 Å². The molecule has 82 valence electrons. The molecular weight excluding hydrogens is 190 g/mol. The minimum atomic E-state index is 0.407. The number of hydrogen-bond donors (Lipinski definition) is 1. The molecule has 4 heteroatoms. The van der Waals surface area contributed by atoms with E-state index < -0.39 is 0 Å². The Morgan fingerprint density at radius 1 is 1.40 bits per heavy atom. The maximum absolute atomic E-state index is 5.36. The molecule has 0 aliphatic carbocycles.